The van der Waals surface area contributed by atoms with Gasteiger partial charge in [0.2, 0.25) is 5.95 Å². The quantitative estimate of drug-likeness (QED) is 0.735. The van der Waals surface area contributed by atoms with Gasteiger partial charge in [-0.25, -0.2) is 9.78 Å². The Hall–Kier alpha value is -1.85. The summed E-state index contributed by atoms with van der Waals surface area (Å²) in [6, 6.07) is 1.61. The summed E-state index contributed by atoms with van der Waals surface area (Å²) in [4.78, 5) is 24.2. The van der Waals surface area contributed by atoms with Crippen molar-refractivity contribution in [3.8, 4) is 0 Å². The monoisotopic (exact) mass is 250 g/mol. The molecule has 1 saturated heterocycles. The lowest BCUT2D eigenvalue weighted by Gasteiger charge is -2.24. The lowest BCUT2D eigenvalue weighted by molar-refractivity contribution is -0.141. The van der Waals surface area contributed by atoms with Gasteiger partial charge in [0.25, 0.3) is 0 Å². The molecule has 1 atom stereocenters. The normalized spacial score (nSPS) is 18.8. The van der Waals surface area contributed by atoms with Crippen LogP contribution in [0.15, 0.2) is 12.3 Å². The Labute approximate surface area is 107 Å². The van der Waals surface area contributed by atoms with Crippen LogP contribution in [0.2, 0.25) is 0 Å². The first-order chi connectivity index (χ1) is 8.63. The molecule has 0 amide bonds. The van der Waals surface area contributed by atoms with Crippen LogP contribution in [-0.2, 0) is 9.53 Å². The summed E-state index contributed by atoms with van der Waals surface area (Å²) in [5, 5.41) is 0. The molecule has 0 aliphatic carbocycles. The molecule has 98 valence electrons. The molecule has 1 fully saturated rings. The van der Waals surface area contributed by atoms with Crippen LogP contribution in [0.25, 0.3) is 0 Å². The SMILES string of the molecule is COC(=O)C1CCCN1c1ccnc(N(C)C)n1. The van der Waals surface area contributed by atoms with E-state index in [1.54, 1.807) is 6.20 Å². The highest BCUT2D eigenvalue weighted by molar-refractivity contribution is 5.80. The zero-order valence-electron chi connectivity index (χ0n) is 11.0. The van der Waals surface area contributed by atoms with Crippen LogP contribution in [-0.4, -0.2) is 49.7 Å². The fraction of sp³-hybridized carbons (Fsp3) is 0.583. The van der Waals surface area contributed by atoms with E-state index >= 15 is 0 Å². The number of anilines is 2. The molecule has 0 radical (unpaired) electrons. The maximum atomic E-state index is 11.7. The van der Waals surface area contributed by atoms with Crippen LogP contribution >= 0.6 is 0 Å². The molecule has 18 heavy (non-hydrogen) atoms. The number of esters is 1. The molecular weight excluding hydrogens is 232 g/mol. The third-order valence-corrected chi connectivity index (χ3v) is 3.05. The summed E-state index contributed by atoms with van der Waals surface area (Å²) in [5.41, 5.74) is 0. The number of nitrogens with zero attached hydrogens (tertiary/aromatic N) is 4. The van der Waals surface area contributed by atoms with E-state index in [0.717, 1.165) is 25.2 Å². The van der Waals surface area contributed by atoms with Crippen molar-refractivity contribution < 1.29 is 9.53 Å². The Bertz CT molecular complexity index is 436. The summed E-state index contributed by atoms with van der Waals surface area (Å²) >= 11 is 0. The molecule has 0 aromatic carbocycles. The fourth-order valence-corrected chi connectivity index (χ4v) is 2.14. The van der Waals surface area contributed by atoms with Crippen molar-refractivity contribution in [3.63, 3.8) is 0 Å². The van der Waals surface area contributed by atoms with Crippen molar-refractivity contribution in [2.45, 2.75) is 18.9 Å². The van der Waals surface area contributed by atoms with E-state index in [9.17, 15) is 4.79 Å². The Morgan fingerprint density at radius 1 is 1.56 bits per heavy atom. The minimum atomic E-state index is -0.222. The molecule has 2 rings (SSSR count). The van der Waals surface area contributed by atoms with E-state index in [1.807, 2.05) is 30.0 Å². The van der Waals surface area contributed by atoms with E-state index in [2.05, 4.69) is 9.97 Å². The molecule has 2 heterocycles. The predicted molar refractivity (Wildman–Crippen MR) is 68.7 cm³/mol. The summed E-state index contributed by atoms with van der Waals surface area (Å²) < 4.78 is 4.83. The summed E-state index contributed by atoms with van der Waals surface area (Å²) in [6.07, 6.45) is 3.50. The highest BCUT2D eigenvalue weighted by Crippen LogP contribution is 2.25. The number of methoxy groups -OCH3 is 1. The van der Waals surface area contributed by atoms with Gasteiger partial charge in [0, 0.05) is 26.8 Å². The van der Waals surface area contributed by atoms with Crippen molar-refractivity contribution in [2.24, 2.45) is 0 Å². The zero-order chi connectivity index (χ0) is 13.1. The van der Waals surface area contributed by atoms with Gasteiger partial charge in [0.1, 0.15) is 11.9 Å². The minimum absolute atomic E-state index is 0.197. The van der Waals surface area contributed by atoms with E-state index in [1.165, 1.54) is 7.11 Å². The number of rotatable bonds is 3. The lowest BCUT2D eigenvalue weighted by atomic mass is 10.2. The van der Waals surface area contributed by atoms with Gasteiger partial charge in [-0.05, 0) is 18.9 Å². The molecule has 0 spiro atoms. The number of ether oxygens (including phenoxy) is 1. The topological polar surface area (TPSA) is 58.6 Å². The van der Waals surface area contributed by atoms with Gasteiger partial charge >= 0.3 is 5.97 Å². The van der Waals surface area contributed by atoms with Gasteiger partial charge in [-0.1, -0.05) is 0 Å². The van der Waals surface area contributed by atoms with Crippen LogP contribution in [0.5, 0.6) is 0 Å². The van der Waals surface area contributed by atoms with E-state index in [-0.39, 0.29) is 12.0 Å². The lowest BCUT2D eigenvalue weighted by Crippen LogP contribution is -2.37. The summed E-state index contributed by atoms with van der Waals surface area (Å²) in [5.74, 6) is 1.22. The highest BCUT2D eigenvalue weighted by atomic mass is 16.5. The predicted octanol–water partition coefficient (Wildman–Crippen LogP) is 0.684. The molecule has 1 aliphatic rings. The van der Waals surface area contributed by atoms with E-state index in [0.29, 0.717) is 5.95 Å². The Kier molecular flexibility index (Phi) is 3.64. The van der Waals surface area contributed by atoms with Crippen molar-refractivity contribution in [3.05, 3.63) is 12.3 Å². The molecule has 1 aliphatic heterocycles. The second kappa shape index (κ2) is 5.20. The van der Waals surface area contributed by atoms with Crippen LogP contribution in [0.1, 0.15) is 12.8 Å². The number of hydrogen-bond acceptors (Lipinski definition) is 6. The average molecular weight is 250 g/mol. The fourth-order valence-electron chi connectivity index (χ4n) is 2.14. The van der Waals surface area contributed by atoms with Gasteiger partial charge < -0.3 is 14.5 Å². The van der Waals surface area contributed by atoms with Gasteiger partial charge in [0.05, 0.1) is 7.11 Å². The maximum Gasteiger partial charge on any atom is 0.328 e. The minimum Gasteiger partial charge on any atom is -0.467 e. The first-order valence-electron chi connectivity index (χ1n) is 5.98. The van der Waals surface area contributed by atoms with Crippen molar-refractivity contribution in [2.75, 3.05) is 37.5 Å². The largest absolute Gasteiger partial charge is 0.467 e. The van der Waals surface area contributed by atoms with Gasteiger partial charge in [-0.3, -0.25) is 0 Å². The molecule has 0 N–H and O–H groups in total. The standard InChI is InChI=1S/C12H18N4O2/c1-15(2)12-13-7-6-10(14-12)16-8-4-5-9(16)11(17)18-3/h6-7,9H,4-5,8H2,1-3H3. The average Bonchev–Trinajstić information content (AvgIpc) is 2.87. The van der Waals surface area contributed by atoms with Gasteiger partial charge in [-0.2, -0.15) is 4.98 Å². The van der Waals surface area contributed by atoms with Crippen molar-refractivity contribution in [1.82, 2.24) is 9.97 Å². The second-order valence-corrected chi connectivity index (χ2v) is 4.48. The van der Waals surface area contributed by atoms with Crippen LogP contribution < -0.4 is 9.80 Å². The third-order valence-electron chi connectivity index (χ3n) is 3.05. The van der Waals surface area contributed by atoms with Crippen LogP contribution in [0.3, 0.4) is 0 Å². The van der Waals surface area contributed by atoms with E-state index < -0.39 is 0 Å². The summed E-state index contributed by atoms with van der Waals surface area (Å²) in [6.45, 7) is 0.823. The van der Waals surface area contributed by atoms with Crippen LogP contribution in [0.4, 0.5) is 11.8 Å². The number of carbonyl (C=O) groups is 1. The first kappa shape index (κ1) is 12.6. The Balaban J connectivity index is 2.24. The molecule has 6 nitrogen and oxygen atoms in total. The third kappa shape index (κ3) is 2.37. The zero-order valence-corrected chi connectivity index (χ0v) is 11.0. The van der Waals surface area contributed by atoms with Gasteiger partial charge in [-0.15, -0.1) is 0 Å². The van der Waals surface area contributed by atoms with E-state index in [4.69, 9.17) is 4.74 Å². The number of aromatic nitrogens is 2. The van der Waals surface area contributed by atoms with Crippen molar-refractivity contribution in [1.29, 1.82) is 0 Å². The number of hydrogen-bond donors (Lipinski definition) is 0. The first-order valence-corrected chi connectivity index (χ1v) is 5.98. The Morgan fingerprint density at radius 3 is 3.00 bits per heavy atom. The molecule has 1 unspecified atom stereocenters. The Morgan fingerprint density at radius 2 is 2.33 bits per heavy atom. The molecular formula is C12H18N4O2. The highest BCUT2D eigenvalue weighted by Gasteiger charge is 2.32. The molecule has 6 heteroatoms. The number of carbonyl (C=O) groups excluding carboxylic acids is 1. The molecule has 0 saturated carbocycles. The van der Waals surface area contributed by atoms with Crippen LogP contribution in [0, 0.1) is 0 Å². The molecule has 1 aromatic heterocycles. The molecule has 1 aromatic rings. The van der Waals surface area contributed by atoms with Crippen molar-refractivity contribution >= 4 is 17.7 Å². The second-order valence-electron chi connectivity index (χ2n) is 4.48. The maximum absolute atomic E-state index is 11.7. The summed E-state index contributed by atoms with van der Waals surface area (Å²) in [7, 11) is 5.20. The smallest absolute Gasteiger partial charge is 0.328 e. The van der Waals surface area contributed by atoms with Gasteiger partial charge in [0.15, 0.2) is 0 Å². The molecule has 0 bridgehead atoms.